The number of amides is 2. The molecule has 0 bridgehead atoms. The van der Waals surface area contributed by atoms with Crippen LogP contribution in [0.2, 0.25) is 0 Å². The molecule has 0 aromatic rings. The quantitative estimate of drug-likeness (QED) is 0.275. The summed E-state index contributed by atoms with van der Waals surface area (Å²) in [5.74, 6) is 1.67. The molecule has 0 aliphatic carbocycles. The lowest BCUT2D eigenvalue weighted by molar-refractivity contribution is -0.650. The monoisotopic (exact) mass is 264 g/mol. The zero-order valence-corrected chi connectivity index (χ0v) is 11.0. The molecule has 0 aromatic carbocycles. The highest BCUT2D eigenvalue weighted by molar-refractivity contribution is 7.99. The SMILES string of the molecule is NC(=O)CC[NH2+]CCSCC[NH2+]CCC(N)=O. The summed E-state index contributed by atoms with van der Waals surface area (Å²) in [6, 6.07) is 0. The van der Waals surface area contributed by atoms with E-state index in [1.807, 2.05) is 11.8 Å². The Bertz CT molecular complexity index is 204. The summed E-state index contributed by atoms with van der Waals surface area (Å²) >= 11 is 1.88. The third-order valence-electron chi connectivity index (χ3n) is 2.12. The summed E-state index contributed by atoms with van der Waals surface area (Å²) in [5.41, 5.74) is 10.0. The molecule has 0 aromatic heterocycles. The molecule has 0 atom stereocenters. The fourth-order valence-electron chi connectivity index (χ4n) is 1.21. The molecule has 0 heterocycles. The average Bonchev–Trinajstić information content (AvgIpc) is 2.25. The second-order valence-corrected chi connectivity index (χ2v) is 5.00. The summed E-state index contributed by atoms with van der Waals surface area (Å²) in [7, 11) is 0. The van der Waals surface area contributed by atoms with Crippen molar-refractivity contribution >= 4 is 23.6 Å². The Morgan fingerprint density at radius 3 is 1.59 bits per heavy atom. The second-order valence-electron chi connectivity index (χ2n) is 3.78. The molecule has 0 saturated carbocycles. The van der Waals surface area contributed by atoms with Gasteiger partial charge in [-0.25, -0.2) is 0 Å². The predicted molar refractivity (Wildman–Crippen MR) is 68.3 cm³/mol. The van der Waals surface area contributed by atoms with Crippen LogP contribution >= 0.6 is 11.8 Å². The van der Waals surface area contributed by atoms with Gasteiger partial charge in [0, 0.05) is 11.5 Å². The van der Waals surface area contributed by atoms with Crippen LogP contribution in [0.1, 0.15) is 12.8 Å². The summed E-state index contributed by atoms with van der Waals surface area (Å²) < 4.78 is 0. The summed E-state index contributed by atoms with van der Waals surface area (Å²) in [5, 5.41) is 4.21. The van der Waals surface area contributed by atoms with E-state index in [0.717, 1.165) is 37.7 Å². The van der Waals surface area contributed by atoms with Crippen LogP contribution < -0.4 is 22.1 Å². The van der Waals surface area contributed by atoms with Crippen LogP contribution in [-0.4, -0.2) is 49.5 Å². The number of quaternary nitrogens is 2. The van der Waals surface area contributed by atoms with Crippen LogP contribution in [0.15, 0.2) is 0 Å². The molecule has 0 aliphatic heterocycles. The number of hydrogen-bond acceptors (Lipinski definition) is 3. The molecular weight excluding hydrogens is 240 g/mol. The minimum absolute atomic E-state index is 0.238. The van der Waals surface area contributed by atoms with E-state index in [4.69, 9.17) is 11.5 Å². The first-order valence-corrected chi connectivity index (χ1v) is 7.06. The third kappa shape index (κ3) is 15.2. The molecule has 6 nitrogen and oxygen atoms in total. The van der Waals surface area contributed by atoms with Gasteiger partial charge in [-0.05, 0) is 0 Å². The highest BCUT2D eigenvalue weighted by Crippen LogP contribution is 1.93. The average molecular weight is 264 g/mol. The van der Waals surface area contributed by atoms with Crippen molar-refractivity contribution in [2.75, 3.05) is 37.7 Å². The Morgan fingerprint density at radius 1 is 0.824 bits per heavy atom. The predicted octanol–water partition coefficient (Wildman–Crippen LogP) is -3.40. The maximum Gasteiger partial charge on any atom is 0.223 e. The van der Waals surface area contributed by atoms with Gasteiger partial charge in [0.2, 0.25) is 11.8 Å². The molecule has 7 heteroatoms. The summed E-state index contributed by atoms with van der Waals surface area (Å²) in [6.07, 6.45) is 0.900. The molecule has 0 aliphatic rings. The van der Waals surface area contributed by atoms with Crippen LogP contribution in [0.5, 0.6) is 0 Å². The van der Waals surface area contributed by atoms with Crippen LogP contribution in [0.4, 0.5) is 0 Å². The maximum absolute atomic E-state index is 10.4. The lowest BCUT2D eigenvalue weighted by Gasteiger charge is -2.01. The van der Waals surface area contributed by atoms with Crippen molar-refractivity contribution in [2.24, 2.45) is 11.5 Å². The van der Waals surface area contributed by atoms with Crippen LogP contribution in [0, 0.1) is 0 Å². The Morgan fingerprint density at radius 2 is 1.24 bits per heavy atom. The van der Waals surface area contributed by atoms with Crippen molar-refractivity contribution in [1.82, 2.24) is 0 Å². The normalized spacial score (nSPS) is 10.4. The van der Waals surface area contributed by atoms with Gasteiger partial charge in [-0.15, -0.1) is 0 Å². The van der Waals surface area contributed by atoms with E-state index in [0.29, 0.717) is 12.8 Å². The lowest BCUT2D eigenvalue weighted by atomic mass is 10.4. The van der Waals surface area contributed by atoms with Crippen molar-refractivity contribution in [3.8, 4) is 0 Å². The van der Waals surface area contributed by atoms with Crippen LogP contribution in [0.25, 0.3) is 0 Å². The van der Waals surface area contributed by atoms with Crippen molar-refractivity contribution in [3.63, 3.8) is 0 Å². The van der Waals surface area contributed by atoms with Crippen molar-refractivity contribution in [2.45, 2.75) is 12.8 Å². The first kappa shape index (κ1) is 16.2. The van der Waals surface area contributed by atoms with E-state index in [-0.39, 0.29) is 11.8 Å². The Kier molecular flexibility index (Phi) is 11.1. The zero-order chi connectivity index (χ0) is 12.9. The molecule has 0 unspecified atom stereocenters. The van der Waals surface area contributed by atoms with E-state index in [1.54, 1.807) is 0 Å². The number of primary amides is 2. The van der Waals surface area contributed by atoms with Gasteiger partial charge < -0.3 is 22.1 Å². The van der Waals surface area contributed by atoms with E-state index >= 15 is 0 Å². The molecule has 8 N–H and O–H groups in total. The van der Waals surface area contributed by atoms with Gasteiger partial charge in [0.05, 0.1) is 39.0 Å². The highest BCUT2D eigenvalue weighted by atomic mass is 32.2. The first-order valence-electron chi connectivity index (χ1n) is 5.90. The molecule has 0 fully saturated rings. The molecule has 0 rings (SSSR count). The Labute approximate surface area is 106 Å². The van der Waals surface area contributed by atoms with E-state index in [2.05, 4.69) is 10.6 Å². The fourth-order valence-corrected chi connectivity index (χ4v) is 2.08. The first-order chi connectivity index (χ1) is 8.13. The number of nitrogens with two attached hydrogens (primary N) is 4. The van der Waals surface area contributed by atoms with Crippen molar-refractivity contribution in [1.29, 1.82) is 0 Å². The topological polar surface area (TPSA) is 119 Å². The third-order valence-corrected chi connectivity index (χ3v) is 3.17. The van der Waals surface area contributed by atoms with Gasteiger partial charge >= 0.3 is 0 Å². The minimum Gasteiger partial charge on any atom is -0.369 e. The minimum atomic E-state index is -0.238. The van der Waals surface area contributed by atoms with Gasteiger partial charge in [0.15, 0.2) is 0 Å². The zero-order valence-electron chi connectivity index (χ0n) is 10.2. The van der Waals surface area contributed by atoms with E-state index in [1.165, 1.54) is 0 Å². The van der Waals surface area contributed by atoms with Gasteiger partial charge in [-0.2, -0.15) is 11.8 Å². The standard InChI is InChI=1S/C10H22N4O2S/c11-9(15)1-3-13-5-7-17-8-6-14-4-2-10(12)16/h13-14H,1-8H2,(H2,11,15)(H2,12,16)/p+2. The number of carbonyl (C=O) groups is 2. The van der Waals surface area contributed by atoms with Gasteiger partial charge in [0.25, 0.3) is 0 Å². The maximum atomic E-state index is 10.4. The van der Waals surface area contributed by atoms with E-state index in [9.17, 15) is 9.59 Å². The molecule has 0 saturated heterocycles. The van der Waals surface area contributed by atoms with Crippen LogP contribution in [0.3, 0.4) is 0 Å². The van der Waals surface area contributed by atoms with Crippen molar-refractivity contribution < 1.29 is 20.2 Å². The highest BCUT2D eigenvalue weighted by Gasteiger charge is 1.98. The Balaban J connectivity index is 2.98. The molecule has 0 radical (unpaired) electrons. The van der Waals surface area contributed by atoms with E-state index < -0.39 is 0 Å². The van der Waals surface area contributed by atoms with Gasteiger partial charge in [-0.1, -0.05) is 0 Å². The summed E-state index contributed by atoms with van der Waals surface area (Å²) in [6.45, 7) is 3.58. The fraction of sp³-hybridized carbons (Fsp3) is 0.800. The lowest BCUT2D eigenvalue weighted by Crippen LogP contribution is -2.86. The smallest absolute Gasteiger partial charge is 0.223 e. The largest absolute Gasteiger partial charge is 0.369 e. The van der Waals surface area contributed by atoms with Crippen LogP contribution in [-0.2, 0) is 9.59 Å². The number of carbonyl (C=O) groups excluding carboxylic acids is 2. The van der Waals surface area contributed by atoms with Crippen molar-refractivity contribution in [3.05, 3.63) is 0 Å². The number of thioether (sulfide) groups is 1. The van der Waals surface area contributed by atoms with Gasteiger partial charge in [0.1, 0.15) is 0 Å². The van der Waals surface area contributed by atoms with Gasteiger partial charge in [-0.3, -0.25) is 9.59 Å². The molecule has 17 heavy (non-hydrogen) atoms. The molecular formula is C10H24N4O2S+2. The number of hydrogen-bond donors (Lipinski definition) is 4. The molecule has 0 spiro atoms. The Hall–Kier alpha value is -0.790. The molecule has 2 amide bonds. The summed E-state index contributed by atoms with van der Waals surface area (Å²) in [4.78, 5) is 20.9. The number of rotatable bonds is 12. The second kappa shape index (κ2) is 11.7. The molecule has 100 valence electrons.